The average Bonchev–Trinajstić information content (AvgIpc) is 2.19. The quantitative estimate of drug-likeness (QED) is 0.795. The number of aliphatic hydroxyl groups is 1. The maximum atomic E-state index is 12.8. The van der Waals surface area contributed by atoms with Crippen LogP contribution in [0.15, 0.2) is 18.2 Å². The molecule has 0 aliphatic rings. The zero-order chi connectivity index (χ0) is 12.3. The van der Waals surface area contributed by atoms with Crippen LogP contribution >= 0.6 is 0 Å². The highest BCUT2D eigenvalue weighted by Crippen LogP contribution is 2.23. The molecule has 2 nitrogen and oxygen atoms in total. The van der Waals surface area contributed by atoms with Crippen LogP contribution in [0.3, 0.4) is 0 Å². The fraction of sp³-hybridized carbons (Fsp3) is 0.300. The van der Waals surface area contributed by atoms with Crippen molar-refractivity contribution in [3.8, 4) is 6.07 Å². The minimum atomic E-state index is -4.72. The molecule has 0 spiro atoms. The van der Waals surface area contributed by atoms with Gasteiger partial charge in [0.25, 0.3) is 0 Å². The summed E-state index contributed by atoms with van der Waals surface area (Å²) in [7, 11) is 0. The standard InChI is InChI=1S/C10H7F4NO/c11-8-2-1-6(3-7(8)5-15)4-9(16)10(12,13)14/h1-3,9,16H,4H2. The van der Waals surface area contributed by atoms with Crippen molar-refractivity contribution in [3.05, 3.63) is 35.1 Å². The lowest BCUT2D eigenvalue weighted by Gasteiger charge is -2.14. The monoisotopic (exact) mass is 233 g/mol. The molecule has 0 heterocycles. The van der Waals surface area contributed by atoms with Crippen molar-refractivity contribution in [2.45, 2.75) is 18.7 Å². The molecule has 0 aliphatic heterocycles. The van der Waals surface area contributed by atoms with E-state index in [2.05, 4.69) is 0 Å². The summed E-state index contributed by atoms with van der Waals surface area (Å²) < 4.78 is 48.9. The Morgan fingerprint density at radius 1 is 1.38 bits per heavy atom. The Kier molecular flexibility index (Phi) is 3.50. The molecular formula is C10H7F4NO. The van der Waals surface area contributed by atoms with E-state index < -0.39 is 24.5 Å². The molecule has 0 amide bonds. The summed E-state index contributed by atoms with van der Waals surface area (Å²) in [5.74, 6) is -0.798. The molecule has 0 bridgehead atoms. The zero-order valence-electron chi connectivity index (χ0n) is 7.92. The van der Waals surface area contributed by atoms with Crippen LogP contribution in [0.2, 0.25) is 0 Å². The SMILES string of the molecule is N#Cc1cc(CC(O)C(F)(F)F)ccc1F. The molecule has 0 aliphatic carbocycles. The summed E-state index contributed by atoms with van der Waals surface area (Å²) in [5, 5.41) is 17.2. The second-order valence-electron chi connectivity index (χ2n) is 3.19. The lowest BCUT2D eigenvalue weighted by molar-refractivity contribution is -0.203. The van der Waals surface area contributed by atoms with Crippen LogP contribution in [-0.4, -0.2) is 17.4 Å². The molecule has 0 aromatic heterocycles. The van der Waals surface area contributed by atoms with Crippen molar-refractivity contribution < 1.29 is 22.7 Å². The van der Waals surface area contributed by atoms with Crippen LogP contribution in [0.5, 0.6) is 0 Å². The van der Waals surface area contributed by atoms with Crippen LogP contribution < -0.4 is 0 Å². The molecule has 1 aromatic carbocycles. The molecule has 0 fully saturated rings. The van der Waals surface area contributed by atoms with E-state index in [1.54, 1.807) is 0 Å². The van der Waals surface area contributed by atoms with Crippen molar-refractivity contribution in [2.75, 3.05) is 0 Å². The van der Waals surface area contributed by atoms with Crippen molar-refractivity contribution >= 4 is 0 Å². The molecule has 1 unspecified atom stereocenters. The van der Waals surface area contributed by atoms with E-state index in [1.165, 1.54) is 6.07 Å². The Bertz CT molecular complexity index is 422. The van der Waals surface area contributed by atoms with Gasteiger partial charge in [-0.2, -0.15) is 18.4 Å². The number of nitrogens with zero attached hydrogens (tertiary/aromatic N) is 1. The smallest absolute Gasteiger partial charge is 0.383 e. The third kappa shape index (κ3) is 2.94. The Hall–Kier alpha value is -1.61. The summed E-state index contributed by atoms with van der Waals surface area (Å²) >= 11 is 0. The molecule has 0 saturated heterocycles. The second kappa shape index (κ2) is 4.49. The molecule has 1 aromatic rings. The van der Waals surface area contributed by atoms with Gasteiger partial charge in [-0.15, -0.1) is 0 Å². The van der Waals surface area contributed by atoms with Gasteiger partial charge >= 0.3 is 6.18 Å². The number of benzene rings is 1. The van der Waals surface area contributed by atoms with Gasteiger partial charge in [-0.3, -0.25) is 0 Å². The second-order valence-corrected chi connectivity index (χ2v) is 3.19. The van der Waals surface area contributed by atoms with Gasteiger partial charge in [0, 0.05) is 6.42 Å². The van der Waals surface area contributed by atoms with Gasteiger partial charge in [-0.1, -0.05) is 6.07 Å². The summed E-state index contributed by atoms with van der Waals surface area (Å²) in [6, 6.07) is 4.50. The average molecular weight is 233 g/mol. The predicted molar refractivity (Wildman–Crippen MR) is 46.9 cm³/mol. The third-order valence-electron chi connectivity index (χ3n) is 1.96. The van der Waals surface area contributed by atoms with Gasteiger partial charge < -0.3 is 5.11 Å². The third-order valence-corrected chi connectivity index (χ3v) is 1.96. The van der Waals surface area contributed by atoms with Crippen molar-refractivity contribution in [1.82, 2.24) is 0 Å². The first-order valence-electron chi connectivity index (χ1n) is 4.28. The Morgan fingerprint density at radius 3 is 2.50 bits per heavy atom. The number of alkyl halides is 3. The van der Waals surface area contributed by atoms with E-state index in [1.807, 2.05) is 0 Å². The fourth-order valence-corrected chi connectivity index (χ4v) is 1.12. The van der Waals surface area contributed by atoms with Crippen LogP contribution in [0.25, 0.3) is 0 Å². The number of halogens is 4. The molecule has 0 saturated carbocycles. The molecular weight excluding hydrogens is 226 g/mol. The number of rotatable bonds is 2. The van der Waals surface area contributed by atoms with E-state index in [9.17, 15) is 17.6 Å². The first kappa shape index (κ1) is 12.5. The highest BCUT2D eigenvalue weighted by Gasteiger charge is 2.37. The maximum Gasteiger partial charge on any atom is 0.414 e. The summed E-state index contributed by atoms with van der Waals surface area (Å²) in [4.78, 5) is 0. The lowest BCUT2D eigenvalue weighted by atomic mass is 10.0. The van der Waals surface area contributed by atoms with Gasteiger partial charge in [0.1, 0.15) is 11.9 Å². The fourth-order valence-electron chi connectivity index (χ4n) is 1.12. The number of hydrogen-bond acceptors (Lipinski definition) is 2. The van der Waals surface area contributed by atoms with E-state index >= 15 is 0 Å². The maximum absolute atomic E-state index is 12.8. The highest BCUT2D eigenvalue weighted by molar-refractivity contribution is 5.34. The molecule has 1 atom stereocenters. The highest BCUT2D eigenvalue weighted by atomic mass is 19.4. The van der Waals surface area contributed by atoms with Gasteiger partial charge in [0.2, 0.25) is 0 Å². The van der Waals surface area contributed by atoms with Crippen LogP contribution in [-0.2, 0) is 6.42 Å². The summed E-state index contributed by atoms with van der Waals surface area (Å²) in [6.07, 6.45) is -7.93. The first-order valence-corrected chi connectivity index (χ1v) is 4.28. The Balaban J connectivity index is 2.88. The van der Waals surface area contributed by atoms with Crippen LogP contribution in [0.4, 0.5) is 17.6 Å². The van der Waals surface area contributed by atoms with Gasteiger partial charge in [-0.05, 0) is 17.7 Å². The van der Waals surface area contributed by atoms with Gasteiger partial charge in [0.15, 0.2) is 6.10 Å². The van der Waals surface area contributed by atoms with E-state index in [4.69, 9.17) is 10.4 Å². The minimum Gasteiger partial charge on any atom is -0.383 e. The first-order chi connectivity index (χ1) is 7.34. The largest absolute Gasteiger partial charge is 0.414 e. The normalized spacial score (nSPS) is 13.2. The topological polar surface area (TPSA) is 44.0 Å². The molecule has 16 heavy (non-hydrogen) atoms. The molecule has 1 N–H and O–H groups in total. The van der Waals surface area contributed by atoms with E-state index in [0.717, 1.165) is 18.2 Å². The Labute approximate surface area is 88.7 Å². The summed E-state index contributed by atoms with van der Waals surface area (Å²) in [5.41, 5.74) is -0.283. The number of aliphatic hydroxyl groups excluding tert-OH is 1. The zero-order valence-corrected chi connectivity index (χ0v) is 7.92. The molecule has 6 heteroatoms. The van der Waals surface area contributed by atoms with Gasteiger partial charge in [0.05, 0.1) is 5.56 Å². The van der Waals surface area contributed by atoms with E-state index in [-0.39, 0.29) is 11.1 Å². The van der Waals surface area contributed by atoms with Crippen molar-refractivity contribution in [1.29, 1.82) is 5.26 Å². The van der Waals surface area contributed by atoms with Crippen molar-refractivity contribution in [3.63, 3.8) is 0 Å². The van der Waals surface area contributed by atoms with Gasteiger partial charge in [-0.25, -0.2) is 4.39 Å². The van der Waals surface area contributed by atoms with Crippen LogP contribution in [0, 0.1) is 17.1 Å². The molecule has 0 radical (unpaired) electrons. The number of hydrogen-bond donors (Lipinski definition) is 1. The van der Waals surface area contributed by atoms with E-state index in [0.29, 0.717) is 0 Å². The predicted octanol–water partition coefficient (Wildman–Crippen LogP) is 2.16. The molecule has 1 rings (SSSR count). The minimum absolute atomic E-state index is 0.0581. The summed E-state index contributed by atoms with van der Waals surface area (Å²) in [6.45, 7) is 0. The number of nitriles is 1. The molecule has 86 valence electrons. The lowest BCUT2D eigenvalue weighted by Crippen LogP contribution is -2.30. The van der Waals surface area contributed by atoms with Crippen molar-refractivity contribution in [2.24, 2.45) is 0 Å². The Morgan fingerprint density at radius 2 is 2.00 bits per heavy atom. The van der Waals surface area contributed by atoms with Crippen LogP contribution in [0.1, 0.15) is 11.1 Å².